The standard InChI is InChI=1S/C18H20F3N5O2S/c1-10(2)13-9-22-26-15(13)24-17(29(4,27)28)25-16(26)23-11(3)12-7-5-6-8-14(12)18(19,20)21/h5-11H,1-4H3,(H,23,24,25)/t11-/m0/s1. The second-order valence-corrected chi connectivity index (χ2v) is 8.95. The minimum Gasteiger partial charge on any atom is -0.348 e. The fourth-order valence-electron chi connectivity index (χ4n) is 2.95. The van der Waals surface area contributed by atoms with Crippen molar-refractivity contribution in [2.24, 2.45) is 0 Å². The van der Waals surface area contributed by atoms with Gasteiger partial charge >= 0.3 is 6.18 Å². The fraction of sp³-hybridized carbons (Fsp3) is 0.389. The van der Waals surface area contributed by atoms with Gasteiger partial charge in [0, 0.05) is 11.8 Å². The Kier molecular flexibility index (Phi) is 5.28. The SMILES string of the molecule is CC(C)c1cnn2c(N[C@@H](C)c3ccccc3C(F)(F)F)nc(S(C)(=O)=O)nc12. The summed E-state index contributed by atoms with van der Waals surface area (Å²) in [6.45, 7) is 5.33. The molecule has 156 valence electrons. The summed E-state index contributed by atoms with van der Waals surface area (Å²) < 4.78 is 65.5. The van der Waals surface area contributed by atoms with Gasteiger partial charge in [0.2, 0.25) is 15.8 Å². The second-order valence-electron chi connectivity index (χ2n) is 7.04. The van der Waals surface area contributed by atoms with Gasteiger partial charge in [-0.25, -0.2) is 8.42 Å². The highest BCUT2D eigenvalue weighted by Crippen LogP contribution is 2.35. The predicted octanol–water partition coefficient (Wildman–Crippen LogP) is 3.84. The van der Waals surface area contributed by atoms with Crippen molar-refractivity contribution in [3.05, 3.63) is 47.2 Å². The lowest BCUT2D eigenvalue weighted by molar-refractivity contribution is -0.138. The van der Waals surface area contributed by atoms with E-state index in [2.05, 4.69) is 20.4 Å². The maximum atomic E-state index is 13.4. The molecule has 3 aromatic rings. The molecule has 0 saturated carbocycles. The molecule has 0 spiro atoms. The van der Waals surface area contributed by atoms with E-state index in [4.69, 9.17) is 0 Å². The van der Waals surface area contributed by atoms with Crippen molar-refractivity contribution in [3.63, 3.8) is 0 Å². The molecule has 0 saturated heterocycles. The summed E-state index contributed by atoms with van der Waals surface area (Å²) in [5, 5.41) is 6.63. The van der Waals surface area contributed by atoms with E-state index in [0.717, 1.165) is 12.3 Å². The first-order chi connectivity index (χ1) is 13.4. The van der Waals surface area contributed by atoms with Gasteiger partial charge in [-0.3, -0.25) is 0 Å². The van der Waals surface area contributed by atoms with Crippen molar-refractivity contribution in [2.75, 3.05) is 11.6 Å². The Balaban J connectivity index is 2.14. The number of rotatable bonds is 5. The van der Waals surface area contributed by atoms with Crippen LogP contribution in [0.25, 0.3) is 5.65 Å². The number of nitrogens with zero attached hydrogens (tertiary/aromatic N) is 4. The average Bonchev–Trinajstić information content (AvgIpc) is 3.04. The normalized spacial score (nSPS) is 13.8. The van der Waals surface area contributed by atoms with Gasteiger partial charge in [0.15, 0.2) is 5.65 Å². The number of anilines is 1. The van der Waals surface area contributed by atoms with Gasteiger partial charge in [-0.05, 0) is 24.5 Å². The van der Waals surface area contributed by atoms with E-state index in [9.17, 15) is 21.6 Å². The van der Waals surface area contributed by atoms with Crippen molar-refractivity contribution < 1.29 is 21.6 Å². The zero-order valence-electron chi connectivity index (χ0n) is 16.2. The molecule has 29 heavy (non-hydrogen) atoms. The third-order valence-corrected chi connectivity index (χ3v) is 5.25. The maximum Gasteiger partial charge on any atom is 0.416 e. The lowest BCUT2D eigenvalue weighted by atomic mass is 10.0. The number of hydrogen-bond donors (Lipinski definition) is 1. The van der Waals surface area contributed by atoms with Gasteiger partial charge in [-0.15, -0.1) is 0 Å². The molecule has 0 aliphatic rings. The van der Waals surface area contributed by atoms with E-state index in [0.29, 0.717) is 5.56 Å². The van der Waals surface area contributed by atoms with Crippen molar-refractivity contribution in [1.29, 1.82) is 0 Å². The van der Waals surface area contributed by atoms with Gasteiger partial charge in [0.1, 0.15) is 0 Å². The summed E-state index contributed by atoms with van der Waals surface area (Å²) in [5.74, 6) is -0.00200. The molecule has 2 aromatic heterocycles. The molecular formula is C18H20F3N5O2S. The average molecular weight is 427 g/mol. The molecule has 1 N–H and O–H groups in total. The van der Waals surface area contributed by atoms with E-state index in [1.54, 1.807) is 6.20 Å². The molecule has 11 heteroatoms. The van der Waals surface area contributed by atoms with Crippen molar-refractivity contribution in [1.82, 2.24) is 19.6 Å². The minimum absolute atomic E-state index is 0.00362. The first-order valence-corrected chi connectivity index (χ1v) is 10.7. The third kappa shape index (κ3) is 4.19. The van der Waals surface area contributed by atoms with E-state index in [1.807, 2.05) is 13.8 Å². The van der Waals surface area contributed by atoms with Gasteiger partial charge in [0.05, 0.1) is 17.8 Å². The van der Waals surface area contributed by atoms with E-state index in [1.165, 1.54) is 29.6 Å². The summed E-state index contributed by atoms with van der Waals surface area (Å²) >= 11 is 0. The zero-order valence-corrected chi connectivity index (χ0v) is 17.0. The fourth-order valence-corrected chi connectivity index (χ4v) is 3.45. The van der Waals surface area contributed by atoms with Gasteiger partial charge in [-0.2, -0.15) is 32.8 Å². The van der Waals surface area contributed by atoms with E-state index in [-0.39, 0.29) is 23.1 Å². The van der Waals surface area contributed by atoms with Crippen molar-refractivity contribution in [2.45, 2.75) is 44.1 Å². The van der Waals surface area contributed by atoms with Gasteiger partial charge in [0.25, 0.3) is 5.16 Å². The molecule has 0 amide bonds. The number of benzene rings is 1. The smallest absolute Gasteiger partial charge is 0.348 e. The predicted molar refractivity (Wildman–Crippen MR) is 101 cm³/mol. The van der Waals surface area contributed by atoms with Crippen LogP contribution in [0.15, 0.2) is 35.6 Å². The number of aromatic nitrogens is 4. The number of sulfone groups is 1. The Morgan fingerprint density at radius 3 is 2.31 bits per heavy atom. The lowest BCUT2D eigenvalue weighted by Gasteiger charge is -2.20. The molecule has 1 aromatic carbocycles. The van der Waals surface area contributed by atoms with Crippen LogP contribution in [-0.2, 0) is 16.0 Å². The highest BCUT2D eigenvalue weighted by molar-refractivity contribution is 7.90. The number of alkyl halides is 3. The molecule has 0 bridgehead atoms. The summed E-state index contributed by atoms with van der Waals surface area (Å²) in [4.78, 5) is 8.12. The number of nitrogens with one attached hydrogen (secondary N) is 1. The molecule has 0 aliphatic carbocycles. The maximum absolute atomic E-state index is 13.4. The van der Waals surface area contributed by atoms with Crippen LogP contribution in [0.4, 0.5) is 19.1 Å². The molecule has 0 fully saturated rings. The minimum atomic E-state index is -4.53. The first kappa shape index (κ1) is 21.0. The third-order valence-electron chi connectivity index (χ3n) is 4.41. The van der Waals surface area contributed by atoms with Crippen molar-refractivity contribution in [3.8, 4) is 0 Å². The van der Waals surface area contributed by atoms with Crippen LogP contribution < -0.4 is 5.32 Å². The van der Waals surface area contributed by atoms with Crippen LogP contribution in [0.1, 0.15) is 49.4 Å². The van der Waals surface area contributed by atoms with Crippen LogP contribution in [0.3, 0.4) is 0 Å². The molecule has 2 heterocycles. The highest BCUT2D eigenvalue weighted by Gasteiger charge is 2.34. The molecule has 0 unspecified atom stereocenters. The first-order valence-electron chi connectivity index (χ1n) is 8.78. The quantitative estimate of drug-likeness (QED) is 0.666. The number of fused-ring (bicyclic) bond motifs is 1. The summed E-state index contributed by atoms with van der Waals surface area (Å²) in [6, 6.07) is 4.34. The van der Waals surface area contributed by atoms with Gasteiger partial charge < -0.3 is 5.32 Å². The zero-order chi connectivity index (χ0) is 21.6. The largest absolute Gasteiger partial charge is 0.416 e. The van der Waals surface area contributed by atoms with E-state index < -0.39 is 32.8 Å². The molecule has 3 rings (SSSR count). The second kappa shape index (κ2) is 7.29. The topological polar surface area (TPSA) is 89.2 Å². The van der Waals surface area contributed by atoms with Gasteiger partial charge in [-0.1, -0.05) is 32.0 Å². The summed E-state index contributed by atoms with van der Waals surface area (Å²) in [7, 11) is -3.75. The van der Waals surface area contributed by atoms with Crippen LogP contribution in [-0.4, -0.2) is 34.3 Å². The Morgan fingerprint density at radius 1 is 1.07 bits per heavy atom. The lowest BCUT2D eigenvalue weighted by Crippen LogP contribution is -2.19. The molecule has 7 nitrogen and oxygen atoms in total. The summed E-state index contributed by atoms with van der Waals surface area (Å²) in [6.07, 6.45) is -2.02. The van der Waals surface area contributed by atoms with Crippen LogP contribution >= 0.6 is 0 Å². The van der Waals surface area contributed by atoms with Crippen molar-refractivity contribution >= 4 is 21.4 Å². The Labute approximate surface area is 165 Å². The Hall–Kier alpha value is -2.69. The van der Waals surface area contributed by atoms with Crippen LogP contribution in [0.2, 0.25) is 0 Å². The Bertz CT molecular complexity index is 1160. The van der Waals surface area contributed by atoms with Crippen LogP contribution in [0.5, 0.6) is 0 Å². The monoisotopic (exact) mass is 427 g/mol. The highest BCUT2D eigenvalue weighted by atomic mass is 32.2. The molecule has 1 atom stereocenters. The van der Waals surface area contributed by atoms with Crippen LogP contribution in [0, 0.1) is 0 Å². The Morgan fingerprint density at radius 2 is 1.72 bits per heavy atom. The number of hydrogen-bond acceptors (Lipinski definition) is 6. The molecule has 0 aliphatic heterocycles. The molecule has 0 radical (unpaired) electrons. The van der Waals surface area contributed by atoms with E-state index >= 15 is 0 Å². The number of halogens is 3. The molecular weight excluding hydrogens is 407 g/mol. The summed E-state index contributed by atoms with van der Waals surface area (Å²) in [5.41, 5.74) is 0.207.